The first-order valence-corrected chi connectivity index (χ1v) is 13.1. The molecule has 2 atom stereocenters. The van der Waals surface area contributed by atoms with Crippen LogP contribution >= 0.6 is 31.9 Å². The summed E-state index contributed by atoms with van der Waals surface area (Å²) in [6, 6.07) is 20.8. The lowest BCUT2D eigenvalue weighted by Gasteiger charge is -2.55. The Kier molecular flexibility index (Phi) is 4.93. The number of ketones is 1. The second kappa shape index (κ2) is 7.61. The topological polar surface area (TPSA) is 63.7 Å². The van der Waals surface area contributed by atoms with Crippen molar-refractivity contribution in [3.63, 3.8) is 0 Å². The first kappa shape index (κ1) is 22.7. The molecule has 0 aromatic heterocycles. The van der Waals surface area contributed by atoms with Crippen LogP contribution < -0.4 is 9.64 Å². The minimum Gasteiger partial charge on any atom is -0.492 e. The van der Waals surface area contributed by atoms with Crippen molar-refractivity contribution in [3.05, 3.63) is 94.5 Å². The molecule has 0 radical (unpaired) electrons. The molecule has 0 unspecified atom stereocenters. The van der Waals surface area contributed by atoms with Gasteiger partial charge in [0.05, 0.1) is 32.8 Å². The summed E-state index contributed by atoms with van der Waals surface area (Å²) in [6.45, 7) is 3.66. The van der Waals surface area contributed by atoms with Gasteiger partial charge in [-0.3, -0.25) is 14.4 Å². The smallest absolute Gasteiger partial charge is 0.240 e. The number of Topliss-reactive ketones (excluding diaryl/α,β-unsaturated/α-hetero) is 1. The molecule has 7 rings (SSSR count). The highest BCUT2D eigenvalue weighted by Crippen LogP contribution is 2.71. The predicted octanol–water partition coefficient (Wildman–Crippen LogP) is 5.70. The van der Waals surface area contributed by atoms with Gasteiger partial charge in [-0.2, -0.15) is 0 Å². The third-order valence-corrected chi connectivity index (χ3v) is 10.2. The summed E-state index contributed by atoms with van der Waals surface area (Å²) in [5.74, 6) is -1.76. The number of benzene rings is 3. The summed E-state index contributed by atoms with van der Waals surface area (Å²) in [7, 11) is 0. The highest BCUT2D eigenvalue weighted by Gasteiger charge is 2.72. The van der Waals surface area contributed by atoms with E-state index in [4.69, 9.17) is 4.74 Å². The molecular weight excluding hydrogens is 574 g/mol. The number of imide groups is 1. The largest absolute Gasteiger partial charge is 0.492 e. The van der Waals surface area contributed by atoms with Gasteiger partial charge in [0, 0.05) is 5.56 Å². The van der Waals surface area contributed by atoms with E-state index in [2.05, 4.69) is 31.9 Å². The first-order chi connectivity index (χ1) is 16.8. The maximum Gasteiger partial charge on any atom is 0.240 e. The van der Waals surface area contributed by atoms with Gasteiger partial charge in [-0.05, 0) is 54.3 Å². The number of rotatable bonds is 4. The molecule has 3 aromatic rings. The van der Waals surface area contributed by atoms with E-state index in [0.717, 1.165) is 22.3 Å². The number of alkyl halides is 2. The minimum absolute atomic E-state index is 0.153. The number of carbonyl (C=O) groups excluding carboxylic acids is 3. The number of halogens is 2. The summed E-state index contributed by atoms with van der Waals surface area (Å²) < 4.78 is 4.06. The van der Waals surface area contributed by atoms with E-state index in [-0.39, 0.29) is 17.6 Å². The summed E-state index contributed by atoms with van der Waals surface area (Å²) in [5.41, 5.74) is 4.62. The number of hydrogen-bond acceptors (Lipinski definition) is 4. The molecule has 1 heterocycles. The molecule has 3 aromatic carbocycles. The Hall–Kier alpha value is -2.77. The number of nitrogens with zero attached hydrogens (tertiary/aromatic N) is 1. The molecular formula is C28H21Br2NO4. The second-order valence-electron chi connectivity index (χ2n) is 9.15. The van der Waals surface area contributed by atoms with Gasteiger partial charge in [0.2, 0.25) is 11.8 Å². The Balaban J connectivity index is 1.62. The van der Waals surface area contributed by atoms with Gasteiger partial charge in [0.15, 0.2) is 5.78 Å². The molecule has 5 nitrogen and oxygen atoms in total. The molecule has 0 spiro atoms. The van der Waals surface area contributed by atoms with Crippen LogP contribution in [0.2, 0.25) is 0 Å². The van der Waals surface area contributed by atoms with Crippen molar-refractivity contribution in [1.82, 2.24) is 0 Å². The van der Waals surface area contributed by atoms with Crippen molar-refractivity contribution >= 4 is 55.1 Å². The molecule has 2 amide bonds. The summed E-state index contributed by atoms with van der Waals surface area (Å²) in [5, 5.41) is 0. The number of anilines is 1. The van der Waals surface area contributed by atoms with Gasteiger partial charge >= 0.3 is 0 Å². The van der Waals surface area contributed by atoms with Crippen LogP contribution in [0.4, 0.5) is 5.69 Å². The second-order valence-corrected chi connectivity index (χ2v) is 11.7. The van der Waals surface area contributed by atoms with Crippen molar-refractivity contribution in [2.45, 2.75) is 22.5 Å². The summed E-state index contributed by atoms with van der Waals surface area (Å²) in [6.07, 6.45) is 0. The zero-order valence-electron chi connectivity index (χ0n) is 19.0. The monoisotopic (exact) mass is 593 g/mol. The lowest BCUT2D eigenvalue weighted by atomic mass is 9.54. The van der Waals surface area contributed by atoms with E-state index in [9.17, 15) is 14.4 Å². The highest BCUT2D eigenvalue weighted by molar-refractivity contribution is 9.10. The molecule has 1 aliphatic heterocycles. The van der Waals surface area contributed by atoms with Crippen LogP contribution in [0, 0.1) is 11.8 Å². The van der Waals surface area contributed by atoms with Crippen LogP contribution in [0.25, 0.3) is 0 Å². The van der Waals surface area contributed by atoms with Gasteiger partial charge in [-0.15, -0.1) is 0 Å². The Labute approximate surface area is 219 Å². The third kappa shape index (κ3) is 2.71. The number of hydrogen-bond donors (Lipinski definition) is 0. The molecule has 4 aliphatic rings. The van der Waals surface area contributed by atoms with E-state index >= 15 is 0 Å². The van der Waals surface area contributed by atoms with Gasteiger partial charge in [0.1, 0.15) is 5.75 Å². The third-order valence-electron chi connectivity index (χ3n) is 7.49. The van der Waals surface area contributed by atoms with Crippen LogP contribution in [0.1, 0.15) is 46.5 Å². The molecule has 2 bridgehead atoms. The van der Waals surface area contributed by atoms with E-state index in [1.807, 2.05) is 55.5 Å². The average molecular weight is 595 g/mol. The molecule has 1 saturated heterocycles. The maximum absolute atomic E-state index is 14.3. The number of carbonyl (C=O) groups is 3. The molecule has 1 fully saturated rings. The number of ether oxygens (including phenoxy) is 1. The van der Waals surface area contributed by atoms with Crippen molar-refractivity contribution in [1.29, 1.82) is 0 Å². The molecule has 176 valence electrons. The van der Waals surface area contributed by atoms with Crippen LogP contribution in [0.3, 0.4) is 0 Å². The number of amides is 2. The van der Waals surface area contributed by atoms with E-state index in [1.54, 1.807) is 18.2 Å². The fourth-order valence-corrected chi connectivity index (χ4v) is 8.40. The molecule has 3 aliphatic carbocycles. The van der Waals surface area contributed by atoms with Crippen LogP contribution in [0.5, 0.6) is 5.75 Å². The maximum atomic E-state index is 14.3. The zero-order valence-corrected chi connectivity index (χ0v) is 22.2. The van der Waals surface area contributed by atoms with Crippen LogP contribution in [0.15, 0.2) is 66.7 Å². The molecule has 35 heavy (non-hydrogen) atoms. The summed E-state index contributed by atoms with van der Waals surface area (Å²) in [4.78, 5) is 41.9. The van der Waals surface area contributed by atoms with Crippen LogP contribution in [-0.4, -0.2) is 24.2 Å². The van der Waals surface area contributed by atoms with E-state index < -0.39 is 20.5 Å². The van der Waals surface area contributed by atoms with E-state index in [0.29, 0.717) is 23.6 Å². The van der Waals surface area contributed by atoms with Crippen molar-refractivity contribution < 1.29 is 19.1 Å². The molecule has 7 heteroatoms. The Morgan fingerprint density at radius 1 is 0.857 bits per heavy atom. The quantitative estimate of drug-likeness (QED) is 0.221. The van der Waals surface area contributed by atoms with Gasteiger partial charge in [0.25, 0.3) is 0 Å². The van der Waals surface area contributed by atoms with Gasteiger partial charge in [-0.1, -0.05) is 80.4 Å². The molecule has 0 N–H and O–H groups in total. The summed E-state index contributed by atoms with van der Waals surface area (Å²) >= 11 is 8.02. The lowest BCUT2D eigenvalue weighted by Crippen LogP contribution is -2.56. The average Bonchev–Trinajstić information content (AvgIpc) is 3.14. The predicted molar refractivity (Wildman–Crippen MR) is 139 cm³/mol. The van der Waals surface area contributed by atoms with Gasteiger partial charge < -0.3 is 4.74 Å². The zero-order chi connectivity index (χ0) is 24.7. The first-order valence-electron chi connectivity index (χ1n) is 11.5. The highest BCUT2D eigenvalue weighted by atomic mass is 79.9. The Morgan fingerprint density at radius 2 is 1.31 bits per heavy atom. The normalized spacial score (nSPS) is 27.9. The fourth-order valence-electron chi connectivity index (χ4n) is 6.09. The SMILES string of the molecule is CCOc1ccc(C(C)=O)cc1N1C(=O)[C@H]2[C@H](C1=O)C1(Br)c3ccccc3C2(Br)c2ccccc21. The van der Waals surface area contributed by atoms with Crippen molar-refractivity contribution in [3.8, 4) is 5.75 Å². The van der Waals surface area contributed by atoms with Crippen molar-refractivity contribution in [2.75, 3.05) is 11.5 Å². The standard InChI is InChI=1S/C28H21Br2NO4/c1-3-35-22-13-12-16(15(2)32)14-21(22)31-25(33)23-24(26(31)34)28(30)18-9-5-4-8-17(18)27(23,29)19-10-6-7-11-20(19)28/h4-14,23-24H,3H2,1-2H3/t23-,24-,27?,28?/m1/s1. The van der Waals surface area contributed by atoms with Crippen molar-refractivity contribution in [2.24, 2.45) is 11.8 Å². The van der Waals surface area contributed by atoms with Gasteiger partial charge in [-0.25, -0.2) is 4.90 Å². The Bertz CT molecular complexity index is 1330. The molecule has 0 saturated carbocycles. The lowest BCUT2D eigenvalue weighted by molar-refractivity contribution is -0.122. The minimum atomic E-state index is -0.869. The van der Waals surface area contributed by atoms with E-state index in [1.165, 1.54) is 11.8 Å². The fraction of sp³-hybridized carbons (Fsp3) is 0.250. The Morgan fingerprint density at radius 3 is 1.71 bits per heavy atom. The van der Waals surface area contributed by atoms with Crippen LogP contribution in [-0.2, 0) is 18.2 Å².